The van der Waals surface area contributed by atoms with Crippen molar-refractivity contribution in [2.45, 2.75) is 38.4 Å². The van der Waals surface area contributed by atoms with E-state index in [4.69, 9.17) is 4.74 Å². The zero-order valence-corrected chi connectivity index (χ0v) is 17.4. The van der Waals surface area contributed by atoms with Gasteiger partial charge >= 0.3 is 12.2 Å². The van der Waals surface area contributed by atoms with Crippen molar-refractivity contribution in [3.05, 3.63) is 53.6 Å². The number of urea groups is 1. The molecule has 0 aliphatic carbocycles. The van der Waals surface area contributed by atoms with Crippen LogP contribution in [0.25, 0.3) is 0 Å². The molecule has 0 spiro atoms. The summed E-state index contributed by atoms with van der Waals surface area (Å²) in [6, 6.07) is 13.3. The van der Waals surface area contributed by atoms with E-state index < -0.39 is 12.8 Å². The number of hydrogen-bond donors (Lipinski definition) is 1. The number of para-hydroxylation sites is 1. The van der Waals surface area contributed by atoms with Crippen LogP contribution < -0.4 is 15.0 Å². The van der Waals surface area contributed by atoms with Gasteiger partial charge in [-0.25, -0.2) is 4.79 Å². The number of piperidine rings is 1. The minimum atomic E-state index is -4.37. The summed E-state index contributed by atoms with van der Waals surface area (Å²) in [6.45, 7) is 2.56. The lowest BCUT2D eigenvalue weighted by molar-refractivity contribution is -0.153. The van der Waals surface area contributed by atoms with Gasteiger partial charge in [0.25, 0.3) is 0 Å². The van der Waals surface area contributed by atoms with Gasteiger partial charge in [-0.15, -0.1) is 0 Å². The van der Waals surface area contributed by atoms with Crippen LogP contribution in [0.4, 0.5) is 29.3 Å². The Kier molecular flexibility index (Phi) is 5.98. The first-order chi connectivity index (χ1) is 14.8. The lowest BCUT2D eigenvalue weighted by Crippen LogP contribution is -2.48. The van der Waals surface area contributed by atoms with E-state index in [1.165, 1.54) is 0 Å². The maximum atomic E-state index is 12.8. The fraction of sp³-hybridized carbons (Fsp3) is 0.435. The molecule has 2 heterocycles. The zero-order chi connectivity index (χ0) is 22.0. The van der Waals surface area contributed by atoms with Crippen LogP contribution in [0.15, 0.2) is 42.5 Å². The molecule has 1 saturated heterocycles. The van der Waals surface area contributed by atoms with Gasteiger partial charge in [0.15, 0.2) is 6.61 Å². The molecule has 2 aliphatic rings. The predicted molar refractivity (Wildman–Crippen MR) is 114 cm³/mol. The van der Waals surface area contributed by atoms with Crippen LogP contribution in [0, 0.1) is 6.92 Å². The standard InChI is InChI=1S/C23H26F3N3O2/c1-16-6-7-19(14-21(16)31-15-23(24,25)26)28-11-9-18(10-12-28)29-13-8-17-4-2-3-5-20(17)27-22(29)30/h2-7,14,18H,8-13,15H2,1H3,(H,27,30). The second-order valence-electron chi connectivity index (χ2n) is 8.10. The number of amides is 2. The Morgan fingerprint density at radius 3 is 2.58 bits per heavy atom. The van der Waals surface area contributed by atoms with Gasteiger partial charge in [0.2, 0.25) is 0 Å². The summed E-state index contributed by atoms with van der Waals surface area (Å²) in [5, 5.41) is 3.02. The summed E-state index contributed by atoms with van der Waals surface area (Å²) in [4.78, 5) is 16.8. The van der Waals surface area contributed by atoms with E-state index in [9.17, 15) is 18.0 Å². The smallest absolute Gasteiger partial charge is 0.422 e. The maximum absolute atomic E-state index is 12.8. The van der Waals surface area contributed by atoms with Crippen molar-refractivity contribution >= 4 is 17.4 Å². The average molecular weight is 433 g/mol. The quantitative estimate of drug-likeness (QED) is 0.739. The molecule has 2 aliphatic heterocycles. The number of hydrogen-bond acceptors (Lipinski definition) is 3. The Hall–Kier alpha value is -2.90. The lowest BCUT2D eigenvalue weighted by Gasteiger charge is -2.39. The fourth-order valence-electron chi connectivity index (χ4n) is 4.27. The normalized spacial score (nSPS) is 17.7. The van der Waals surface area contributed by atoms with E-state index in [0.29, 0.717) is 12.1 Å². The minimum absolute atomic E-state index is 0.0680. The number of anilines is 2. The van der Waals surface area contributed by atoms with Crippen LogP contribution in [-0.2, 0) is 6.42 Å². The van der Waals surface area contributed by atoms with Crippen molar-refractivity contribution in [2.75, 3.05) is 36.5 Å². The molecule has 1 fully saturated rings. The Labute approximate surface area is 179 Å². The second kappa shape index (κ2) is 8.69. The van der Waals surface area contributed by atoms with Crippen LogP contribution in [-0.4, -0.2) is 49.4 Å². The number of alkyl halides is 3. The molecule has 5 nitrogen and oxygen atoms in total. The number of fused-ring (bicyclic) bond motifs is 1. The van der Waals surface area contributed by atoms with Crippen LogP contribution in [0.2, 0.25) is 0 Å². The zero-order valence-electron chi connectivity index (χ0n) is 17.4. The summed E-state index contributed by atoms with van der Waals surface area (Å²) < 4.78 is 42.6. The summed E-state index contributed by atoms with van der Waals surface area (Å²) >= 11 is 0. The van der Waals surface area contributed by atoms with Crippen molar-refractivity contribution in [3.63, 3.8) is 0 Å². The van der Waals surface area contributed by atoms with E-state index in [1.54, 1.807) is 19.1 Å². The largest absolute Gasteiger partial charge is 0.484 e. The first kappa shape index (κ1) is 21.3. The number of benzene rings is 2. The number of carbonyl (C=O) groups excluding carboxylic acids is 1. The number of ether oxygens (including phenoxy) is 1. The van der Waals surface area contributed by atoms with Crippen molar-refractivity contribution in [1.82, 2.24) is 4.90 Å². The Morgan fingerprint density at radius 2 is 1.84 bits per heavy atom. The molecule has 2 amide bonds. The maximum Gasteiger partial charge on any atom is 0.422 e. The molecule has 0 aromatic heterocycles. The van der Waals surface area contributed by atoms with Gasteiger partial charge in [-0.05, 0) is 49.4 Å². The molecule has 8 heteroatoms. The van der Waals surface area contributed by atoms with Crippen molar-refractivity contribution in [3.8, 4) is 5.75 Å². The second-order valence-corrected chi connectivity index (χ2v) is 8.10. The van der Waals surface area contributed by atoms with Gasteiger partial charge in [-0.3, -0.25) is 0 Å². The summed E-state index contributed by atoms with van der Waals surface area (Å²) in [6.07, 6.45) is -1.95. The number of carbonyl (C=O) groups is 1. The number of rotatable bonds is 4. The minimum Gasteiger partial charge on any atom is -0.484 e. The van der Waals surface area contributed by atoms with Crippen molar-refractivity contribution in [2.24, 2.45) is 0 Å². The molecule has 31 heavy (non-hydrogen) atoms. The molecule has 0 bridgehead atoms. The summed E-state index contributed by atoms with van der Waals surface area (Å²) in [5.74, 6) is 0.251. The Bertz CT molecular complexity index is 940. The molecular weight excluding hydrogens is 407 g/mol. The first-order valence-electron chi connectivity index (χ1n) is 10.5. The topological polar surface area (TPSA) is 44.8 Å². The van der Waals surface area contributed by atoms with Crippen LogP contribution in [0.3, 0.4) is 0 Å². The highest BCUT2D eigenvalue weighted by Crippen LogP contribution is 2.30. The molecule has 0 atom stereocenters. The molecule has 0 unspecified atom stereocenters. The molecule has 0 saturated carbocycles. The van der Waals surface area contributed by atoms with Crippen LogP contribution in [0.5, 0.6) is 5.75 Å². The monoisotopic (exact) mass is 433 g/mol. The first-order valence-corrected chi connectivity index (χ1v) is 10.5. The van der Waals surface area contributed by atoms with Crippen LogP contribution >= 0.6 is 0 Å². The molecule has 2 aromatic rings. The lowest BCUT2D eigenvalue weighted by atomic mass is 10.0. The number of aryl methyl sites for hydroxylation is 1. The van der Waals surface area contributed by atoms with E-state index >= 15 is 0 Å². The number of nitrogens with zero attached hydrogens (tertiary/aromatic N) is 2. The predicted octanol–water partition coefficient (Wildman–Crippen LogP) is 5.00. The van der Waals surface area contributed by atoms with Crippen molar-refractivity contribution < 1.29 is 22.7 Å². The summed E-state index contributed by atoms with van der Waals surface area (Å²) in [5.41, 5.74) is 3.53. The average Bonchev–Trinajstić information content (AvgIpc) is 2.91. The van der Waals surface area contributed by atoms with E-state index in [1.807, 2.05) is 35.2 Å². The number of halogens is 3. The van der Waals surface area contributed by atoms with Gasteiger partial charge in [-0.2, -0.15) is 13.2 Å². The van der Waals surface area contributed by atoms with Crippen molar-refractivity contribution in [1.29, 1.82) is 0 Å². The highest BCUT2D eigenvalue weighted by molar-refractivity contribution is 5.91. The molecule has 1 N–H and O–H groups in total. The Balaban J connectivity index is 1.38. The fourth-order valence-corrected chi connectivity index (χ4v) is 4.27. The van der Waals surface area contributed by atoms with Gasteiger partial charge in [0.1, 0.15) is 5.75 Å². The van der Waals surface area contributed by atoms with E-state index in [2.05, 4.69) is 10.2 Å². The van der Waals surface area contributed by atoms with Gasteiger partial charge in [-0.1, -0.05) is 24.3 Å². The van der Waals surface area contributed by atoms with Crippen LogP contribution in [0.1, 0.15) is 24.0 Å². The van der Waals surface area contributed by atoms with Gasteiger partial charge in [0.05, 0.1) is 0 Å². The molecule has 2 aromatic carbocycles. The third kappa shape index (κ3) is 5.06. The van der Waals surface area contributed by atoms with E-state index in [0.717, 1.165) is 49.3 Å². The number of nitrogens with one attached hydrogen (secondary N) is 1. The van der Waals surface area contributed by atoms with Gasteiger partial charge in [0, 0.05) is 43.1 Å². The third-order valence-electron chi connectivity index (χ3n) is 5.98. The molecular formula is C23H26F3N3O2. The highest BCUT2D eigenvalue weighted by Gasteiger charge is 2.31. The SMILES string of the molecule is Cc1ccc(N2CCC(N3CCc4ccccc4NC3=O)CC2)cc1OCC(F)(F)F. The summed E-state index contributed by atoms with van der Waals surface area (Å²) in [7, 11) is 0. The molecule has 4 rings (SSSR count). The molecule has 0 radical (unpaired) electrons. The highest BCUT2D eigenvalue weighted by atomic mass is 19.4. The van der Waals surface area contributed by atoms with E-state index in [-0.39, 0.29) is 17.8 Å². The Morgan fingerprint density at radius 1 is 1.10 bits per heavy atom. The molecule has 166 valence electrons. The van der Waals surface area contributed by atoms with Gasteiger partial charge < -0.3 is 19.9 Å². The third-order valence-corrected chi connectivity index (χ3v) is 5.98.